The Morgan fingerprint density at radius 1 is 1.12 bits per heavy atom. The summed E-state index contributed by atoms with van der Waals surface area (Å²) in [6, 6.07) is 17.2. The van der Waals surface area contributed by atoms with E-state index < -0.39 is 0 Å². The molecule has 0 fully saturated rings. The van der Waals surface area contributed by atoms with Crippen molar-refractivity contribution in [1.29, 1.82) is 0 Å². The Morgan fingerprint density at radius 3 is 2.46 bits per heavy atom. The van der Waals surface area contributed by atoms with Crippen molar-refractivity contribution in [2.75, 3.05) is 5.32 Å². The van der Waals surface area contributed by atoms with Crippen LogP contribution in [0.15, 0.2) is 59.1 Å². The van der Waals surface area contributed by atoms with Gasteiger partial charge in [-0.25, -0.2) is 0 Å². The summed E-state index contributed by atoms with van der Waals surface area (Å²) >= 11 is 3.43. The molecule has 0 radical (unpaired) electrons. The van der Waals surface area contributed by atoms with Gasteiger partial charge in [-0.1, -0.05) is 24.3 Å². The first-order valence-corrected chi connectivity index (χ1v) is 8.48. The van der Waals surface area contributed by atoms with Crippen LogP contribution in [0.1, 0.15) is 27.3 Å². The highest BCUT2D eigenvalue weighted by Crippen LogP contribution is 2.22. The van der Waals surface area contributed by atoms with E-state index >= 15 is 0 Å². The van der Waals surface area contributed by atoms with E-state index in [-0.39, 0.29) is 5.91 Å². The van der Waals surface area contributed by atoms with Crippen molar-refractivity contribution in [3.8, 4) is 0 Å². The fourth-order valence-corrected chi connectivity index (χ4v) is 2.91. The molecule has 122 valence electrons. The molecule has 3 aromatic rings. The third-order valence-electron chi connectivity index (χ3n) is 3.77. The van der Waals surface area contributed by atoms with Crippen LogP contribution in [0.4, 0.5) is 5.69 Å². The number of anilines is 1. The number of nitrogens with one attached hydrogen (secondary N) is 1. The smallest absolute Gasteiger partial charge is 0.255 e. The van der Waals surface area contributed by atoms with E-state index in [1.807, 2.05) is 67.1 Å². The van der Waals surface area contributed by atoms with Crippen molar-refractivity contribution < 1.29 is 4.79 Å². The van der Waals surface area contributed by atoms with Crippen molar-refractivity contribution in [3.05, 3.63) is 81.6 Å². The van der Waals surface area contributed by atoms with Crippen LogP contribution in [0.5, 0.6) is 0 Å². The third kappa shape index (κ3) is 3.74. The lowest BCUT2D eigenvalue weighted by molar-refractivity contribution is 0.102. The molecule has 3 rings (SSSR count). The number of amides is 1. The van der Waals surface area contributed by atoms with Crippen molar-refractivity contribution >= 4 is 27.5 Å². The Bertz CT molecular complexity index is 869. The standard InChI is InChI=1S/C19H18BrN3O/c1-13-11-14(2)23(22-13)12-15-7-9-16(10-8-15)19(24)21-18-6-4-3-5-17(18)20/h3-11H,12H2,1-2H3,(H,21,24). The number of aryl methyl sites for hydroxylation is 2. The average Bonchev–Trinajstić information content (AvgIpc) is 2.88. The highest BCUT2D eigenvalue weighted by Gasteiger charge is 2.08. The summed E-state index contributed by atoms with van der Waals surface area (Å²) in [5, 5.41) is 7.37. The summed E-state index contributed by atoms with van der Waals surface area (Å²) in [7, 11) is 0. The largest absolute Gasteiger partial charge is 0.321 e. The van der Waals surface area contributed by atoms with Gasteiger partial charge in [-0.15, -0.1) is 0 Å². The first-order valence-electron chi connectivity index (χ1n) is 7.69. The number of rotatable bonds is 4. The third-order valence-corrected chi connectivity index (χ3v) is 4.47. The van der Waals surface area contributed by atoms with E-state index in [4.69, 9.17) is 0 Å². The van der Waals surface area contributed by atoms with Gasteiger partial charge in [0, 0.05) is 15.7 Å². The molecular formula is C19H18BrN3O. The Morgan fingerprint density at radius 2 is 1.83 bits per heavy atom. The molecule has 0 spiro atoms. The quantitative estimate of drug-likeness (QED) is 0.717. The van der Waals surface area contributed by atoms with Crippen LogP contribution < -0.4 is 5.32 Å². The first kappa shape index (κ1) is 16.5. The number of halogens is 1. The molecule has 0 aliphatic rings. The highest BCUT2D eigenvalue weighted by molar-refractivity contribution is 9.10. The van der Waals surface area contributed by atoms with Crippen molar-refractivity contribution in [3.63, 3.8) is 0 Å². The average molecular weight is 384 g/mol. The topological polar surface area (TPSA) is 46.9 Å². The fraction of sp³-hybridized carbons (Fsp3) is 0.158. The molecule has 4 nitrogen and oxygen atoms in total. The molecule has 2 aromatic carbocycles. The van der Waals surface area contributed by atoms with E-state index in [0.29, 0.717) is 12.1 Å². The van der Waals surface area contributed by atoms with Crippen LogP contribution in [0.2, 0.25) is 0 Å². The molecule has 0 aliphatic heterocycles. The number of aromatic nitrogens is 2. The summed E-state index contributed by atoms with van der Waals surface area (Å²) < 4.78 is 2.82. The predicted octanol–water partition coefficient (Wildman–Crippen LogP) is 4.56. The first-order chi connectivity index (χ1) is 11.5. The number of carbonyl (C=O) groups excluding carboxylic acids is 1. The van der Waals surface area contributed by atoms with Crippen LogP contribution in [0.3, 0.4) is 0 Å². The number of para-hydroxylation sites is 1. The van der Waals surface area contributed by atoms with E-state index in [1.54, 1.807) is 0 Å². The van der Waals surface area contributed by atoms with Gasteiger partial charge in [0.1, 0.15) is 0 Å². The van der Waals surface area contributed by atoms with E-state index in [1.165, 1.54) is 0 Å². The molecule has 0 unspecified atom stereocenters. The van der Waals surface area contributed by atoms with Gasteiger partial charge in [-0.05, 0) is 65.7 Å². The maximum atomic E-state index is 12.3. The number of hydrogen-bond acceptors (Lipinski definition) is 2. The number of carbonyl (C=O) groups is 1. The summed E-state index contributed by atoms with van der Waals surface area (Å²) in [5.74, 6) is -0.125. The normalized spacial score (nSPS) is 10.6. The zero-order valence-corrected chi connectivity index (χ0v) is 15.2. The highest BCUT2D eigenvalue weighted by atomic mass is 79.9. The molecule has 0 atom stereocenters. The summed E-state index contributed by atoms with van der Waals surface area (Å²) in [6.07, 6.45) is 0. The molecule has 0 bridgehead atoms. The van der Waals surface area contributed by atoms with E-state index in [0.717, 1.165) is 27.1 Å². The second-order valence-corrected chi connectivity index (χ2v) is 6.57. The van der Waals surface area contributed by atoms with Crippen molar-refractivity contribution in [2.24, 2.45) is 0 Å². The monoisotopic (exact) mass is 383 g/mol. The molecular weight excluding hydrogens is 366 g/mol. The molecule has 24 heavy (non-hydrogen) atoms. The van der Waals surface area contributed by atoms with Crippen molar-refractivity contribution in [2.45, 2.75) is 20.4 Å². The molecule has 0 saturated carbocycles. The van der Waals surface area contributed by atoms with Crippen LogP contribution >= 0.6 is 15.9 Å². The lowest BCUT2D eigenvalue weighted by atomic mass is 10.1. The Kier molecular flexibility index (Phi) is 4.81. The molecule has 1 heterocycles. The minimum absolute atomic E-state index is 0.125. The minimum atomic E-state index is -0.125. The fourth-order valence-electron chi connectivity index (χ4n) is 2.53. The van der Waals surface area contributed by atoms with Crippen molar-refractivity contribution in [1.82, 2.24) is 9.78 Å². The van der Waals surface area contributed by atoms with Gasteiger partial charge in [-0.3, -0.25) is 9.48 Å². The molecule has 1 amide bonds. The maximum absolute atomic E-state index is 12.3. The summed E-state index contributed by atoms with van der Waals surface area (Å²) in [6.45, 7) is 4.73. The SMILES string of the molecule is Cc1cc(C)n(Cc2ccc(C(=O)Nc3ccccc3Br)cc2)n1. The van der Waals surface area contributed by atoms with Crippen LogP contribution in [0.25, 0.3) is 0 Å². The summed E-state index contributed by atoms with van der Waals surface area (Å²) in [4.78, 5) is 12.3. The second kappa shape index (κ2) is 7.01. The second-order valence-electron chi connectivity index (χ2n) is 5.72. The van der Waals surface area contributed by atoms with Gasteiger partial charge in [0.2, 0.25) is 0 Å². The van der Waals surface area contributed by atoms with E-state index in [9.17, 15) is 4.79 Å². The molecule has 1 aromatic heterocycles. The molecule has 0 aliphatic carbocycles. The summed E-state index contributed by atoms with van der Waals surface area (Å²) in [5.41, 5.74) is 4.64. The molecule has 0 saturated heterocycles. The number of benzene rings is 2. The Balaban J connectivity index is 1.71. The van der Waals surface area contributed by atoms with E-state index in [2.05, 4.69) is 32.4 Å². The number of nitrogens with zero attached hydrogens (tertiary/aromatic N) is 2. The Labute approximate surface area is 149 Å². The zero-order chi connectivity index (χ0) is 17.1. The van der Waals surface area contributed by atoms with Gasteiger partial charge in [-0.2, -0.15) is 5.10 Å². The van der Waals surface area contributed by atoms with Gasteiger partial charge < -0.3 is 5.32 Å². The molecule has 5 heteroatoms. The number of hydrogen-bond donors (Lipinski definition) is 1. The predicted molar refractivity (Wildman–Crippen MR) is 99.3 cm³/mol. The maximum Gasteiger partial charge on any atom is 0.255 e. The van der Waals surface area contributed by atoms with Gasteiger partial charge >= 0.3 is 0 Å². The van der Waals surface area contributed by atoms with Crippen LogP contribution in [-0.4, -0.2) is 15.7 Å². The zero-order valence-electron chi connectivity index (χ0n) is 13.6. The van der Waals surface area contributed by atoms with Gasteiger partial charge in [0.25, 0.3) is 5.91 Å². The Hall–Kier alpha value is -2.40. The van der Waals surface area contributed by atoms with Gasteiger partial charge in [0.15, 0.2) is 0 Å². The van der Waals surface area contributed by atoms with Crippen LogP contribution in [-0.2, 0) is 6.54 Å². The van der Waals surface area contributed by atoms with Crippen LogP contribution in [0, 0.1) is 13.8 Å². The lowest BCUT2D eigenvalue weighted by Gasteiger charge is -2.08. The minimum Gasteiger partial charge on any atom is -0.321 e. The van der Waals surface area contributed by atoms with Gasteiger partial charge in [0.05, 0.1) is 17.9 Å². The molecule has 1 N–H and O–H groups in total. The lowest BCUT2D eigenvalue weighted by Crippen LogP contribution is -2.12.